The Kier molecular flexibility index (Phi) is 14.8. The van der Waals surface area contributed by atoms with Crippen molar-refractivity contribution in [3.05, 3.63) is 0 Å². The largest absolute Gasteiger partial charge is 0.395 e. The number of hydrogen-bond donors (Lipinski definition) is 1. The van der Waals surface area contributed by atoms with Crippen molar-refractivity contribution in [2.45, 2.75) is 58.3 Å². The van der Waals surface area contributed by atoms with Crippen LogP contribution in [0.3, 0.4) is 0 Å². The number of nitrogens with zero attached hydrogens (tertiary/aromatic N) is 1. The van der Waals surface area contributed by atoms with Crippen molar-refractivity contribution in [2.75, 3.05) is 40.0 Å². The van der Waals surface area contributed by atoms with Crippen molar-refractivity contribution in [3.8, 4) is 0 Å². The zero-order chi connectivity index (χ0) is 13.5. The highest BCUT2D eigenvalue weighted by Crippen LogP contribution is 2.07. The SMILES string of the molecule is CCCCN(CCO)CCCCCCCCOC. The van der Waals surface area contributed by atoms with Gasteiger partial charge in [-0.05, 0) is 32.4 Å². The van der Waals surface area contributed by atoms with Gasteiger partial charge in [-0.15, -0.1) is 0 Å². The molecule has 18 heavy (non-hydrogen) atoms. The lowest BCUT2D eigenvalue weighted by molar-refractivity contribution is 0.189. The monoisotopic (exact) mass is 259 g/mol. The van der Waals surface area contributed by atoms with Gasteiger partial charge in [0.2, 0.25) is 0 Å². The highest BCUT2D eigenvalue weighted by molar-refractivity contribution is 4.57. The third kappa shape index (κ3) is 12.3. The highest BCUT2D eigenvalue weighted by atomic mass is 16.5. The molecule has 0 fully saturated rings. The number of ether oxygens (including phenoxy) is 1. The first-order valence-corrected chi connectivity index (χ1v) is 7.67. The molecule has 0 aromatic heterocycles. The van der Waals surface area contributed by atoms with Crippen molar-refractivity contribution in [3.63, 3.8) is 0 Å². The second-order valence-corrected chi connectivity index (χ2v) is 5.03. The maximum absolute atomic E-state index is 9.01. The Labute approximate surface area is 114 Å². The van der Waals surface area contributed by atoms with Gasteiger partial charge in [0, 0.05) is 20.3 Å². The van der Waals surface area contributed by atoms with Crippen LogP contribution in [0.2, 0.25) is 0 Å². The highest BCUT2D eigenvalue weighted by Gasteiger charge is 2.02. The van der Waals surface area contributed by atoms with Crippen molar-refractivity contribution < 1.29 is 9.84 Å². The third-order valence-corrected chi connectivity index (χ3v) is 3.32. The number of hydrogen-bond acceptors (Lipinski definition) is 3. The van der Waals surface area contributed by atoms with E-state index < -0.39 is 0 Å². The predicted octanol–water partition coefficient (Wildman–Crippen LogP) is 3.07. The number of aliphatic hydroxyl groups is 1. The molecule has 0 heterocycles. The fourth-order valence-corrected chi connectivity index (χ4v) is 2.15. The van der Waals surface area contributed by atoms with Crippen LogP contribution < -0.4 is 0 Å². The summed E-state index contributed by atoms with van der Waals surface area (Å²) in [5, 5.41) is 9.01. The van der Waals surface area contributed by atoms with Gasteiger partial charge >= 0.3 is 0 Å². The Morgan fingerprint density at radius 3 is 2.06 bits per heavy atom. The maximum Gasteiger partial charge on any atom is 0.0558 e. The molecular weight excluding hydrogens is 226 g/mol. The Balaban J connectivity index is 3.31. The Morgan fingerprint density at radius 1 is 0.833 bits per heavy atom. The van der Waals surface area contributed by atoms with E-state index >= 15 is 0 Å². The summed E-state index contributed by atoms with van der Waals surface area (Å²) in [6, 6.07) is 0. The van der Waals surface area contributed by atoms with Crippen LogP contribution >= 0.6 is 0 Å². The molecule has 0 saturated heterocycles. The van der Waals surface area contributed by atoms with Gasteiger partial charge in [0.05, 0.1) is 6.61 Å². The van der Waals surface area contributed by atoms with E-state index in [-0.39, 0.29) is 0 Å². The smallest absolute Gasteiger partial charge is 0.0558 e. The van der Waals surface area contributed by atoms with Crippen LogP contribution in [0, 0.1) is 0 Å². The molecule has 0 saturated carbocycles. The lowest BCUT2D eigenvalue weighted by Crippen LogP contribution is -2.29. The molecule has 0 radical (unpaired) electrons. The molecule has 0 unspecified atom stereocenters. The minimum Gasteiger partial charge on any atom is -0.395 e. The van der Waals surface area contributed by atoms with Gasteiger partial charge in [-0.1, -0.05) is 39.0 Å². The summed E-state index contributed by atoms with van der Waals surface area (Å²) in [4.78, 5) is 2.40. The summed E-state index contributed by atoms with van der Waals surface area (Å²) in [7, 11) is 1.77. The van der Waals surface area contributed by atoms with Crippen molar-refractivity contribution in [1.29, 1.82) is 0 Å². The van der Waals surface area contributed by atoms with Gasteiger partial charge in [-0.25, -0.2) is 0 Å². The Bertz CT molecular complexity index is 153. The van der Waals surface area contributed by atoms with E-state index in [2.05, 4.69) is 11.8 Å². The van der Waals surface area contributed by atoms with Crippen LogP contribution in [-0.2, 0) is 4.74 Å². The zero-order valence-corrected chi connectivity index (χ0v) is 12.5. The Hall–Kier alpha value is -0.120. The molecule has 0 rings (SSSR count). The average Bonchev–Trinajstić information content (AvgIpc) is 2.39. The Morgan fingerprint density at radius 2 is 1.44 bits per heavy atom. The van der Waals surface area contributed by atoms with Crippen molar-refractivity contribution in [1.82, 2.24) is 4.90 Å². The van der Waals surface area contributed by atoms with E-state index in [4.69, 9.17) is 9.84 Å². The maximum atomic E-state index is 9.01. The number of aliphatic hydroxyl groups excluding tert-OH is 1. The first kappa shape index (κ1) is 17.9. The van der Waals surface area contributed by atoms with Crippen LogP contribution in [0.5, 0.6) is 0 Å². The zero-order valence-electron chi connectivity index (χ0n) is 12.5. The van der Waals surface area contributed by atoms with Crippen LogP contribution in [0.1, 0.15) is 58.3 Å². The molecular formula is C15H33NO2. The third-order valence-electron chi connectivity index (χ3n) is 3.32. The summed E-state index contributed by atoms with van der Waals surface area (Å²) in [5.41, 5.74) is 0. The van der Waals surface area contributed by atoms with Crippen LogP contribution in [0.15, 0.2) is 0 Å². The predicted molar refractivity (Wildman–Crippen MR) is 78.0 cm³/mol. The van der Waals surface area contributed by atoms with E-state index in [1.54, 1.807) is 7.11 Å². The lowest BCUT2D eigenvalue weighted by Gasteiger charge is -2.20. The van der Waals surface area contributed by atoms with Gasteiger partial charge in [-0.3, -0.25) is 0 Å². The van der Waals surface area contributed by atoms with Crippen LogP contribution in [0.4, 0.5) is 0 Å². The minimum atomic E-state index is 0.292. The fourth-order valence-electron chi connectivity index (χ4n) is 2.15. The van der Waals surface area contributed by atoms with Gasteiger partial charge in [0.15, 0.2) is 0 Å². The molecule has 0 bridgehead atoms. The van der Waals surface area contributed by atoms with Crippen molar-refractivity contribution in [2.24, 2.45) is 0 Å². The fraction of sp³-hybridized carbons (Fsp3) is 1.00. The molecule has 0 spiro atoms. The van der Waals surface area contributed by atoms with Crippen LogP contribution in [0.25, 0.3) is 0 Å². The van der Waals surface area contributed by atoms with E-state index in [1.807, 2.05) is 0 Å². The standard InChI is InChI=1S/C15H33NO2/c1-3-4-11-16(13-14-17)12-9-7-5-6-8-10-15-18-2/h17H,3-15H2,1-2H3. The number of unbranched alkanes of at least 4 members (excludes halogenated alkanes) is 6. The van der Waals surface area contributed by atoms with E-state index in [9.17, 15) is 0 Å². The molecule has 0 atom stereocenters. The molecule has 0 aliphatic heterocycles. The normalized spacial score (nSPS) is 11.3. The number of rotatable bonds is 14. The molecule has 1 N–H and O–H groups in total. The summed E-state index contributed by atoms with van der Waals surface area (Å²) < 4.78 is 5.04. The average molecular weight is 259 g/mol. The summed E-state index contributed by atoms with van der Waals surface area (Å²) >= 11 is 0. The summed E-state index contributed by atoms with van der Waals surface area (Å²) in [6.45, 7) is 6.55. The first-order valence-electron chi connectivity index (χ1n) is 7.67. The van der Waals surface area contributed by atoms with E-state index in [1.165, 1.54) is 51.4 Å². The van der Waals surface area contributed by atoms with Gasteiger partial charge in [0.25, 0.3) is 0 Å². The molecule has 110 valence electrons. The van der Waals surface area contributed by atoms with Gasteiger partial charge in [-0.2, -0.15) is 0 Å². The lowest BCUT2D eigenvalue weighted by atomic mass is 10.1. The van der Waals surface area contributed by atoms with Crippen molar-refractivity contribution >= 4 is 0 Å². The van der Waals surface area contributed by atoms with E-state index in [0.717, 1.165) is 26.2 Å². The van der Waals surface area contributed by atoms with Crippen LogP contribution in [-0.4, -0.2) is 50.0 Å². The molecule has 0 aromatic rings. The minimum absolute atomic E-state index is 0.292. The topological polar surface area (TPSA) is 32.7 Å². The van der Waals surface area contributed by atoms with Gasteiger partial charge in [0.1, 0.15) is 0 Å². The molecule has 0 aliphatic carbocycles. The number of methoxy groups -OCH3 is 1. The molecule has 3 nitrogen and oxygen atoms in total. The van der Waals surface area contributed by atoms with E-state index in [0.29, 0.717) is 6.61 Å². The van der Waals surface area contributed by atoms with Gasteiger partial charge < -0.3 is 14.7 Å². The first-order chi connectivity index (χ1) is 8.85. The quantitative estimate of drug-likeness (QED) is 0.487. The second kappa shape index (κ2) is 14.9. The second-order valence-electron chi connectivity index (χ2n) is 5.03. The molecule has 0 aliphatic rings. The summed E-state index contributed by atoms with van der Waals surface area (Å²) in [5.74, 6) is 0. The summed E-state index contributed by atoms with van der Waals surface area (Å²) in [6.07, 6.45) is 10.2. The molecule has 0 amide bonds. The molecule has 0 aromatic carbocycles. The molecule has 3 heteroatoms.